The van der Waals surface area contributed by atoms with Crippen molar-refractivity contribution in [1.82, 2.24) is 0 Å². The fourth-order valence-corrected chi connectivity index (χ4v) is 6.44. The Bertz CT molecular complexity index is 1320. The zero-order chi connectivity index (χ0) is 30.0. The number of rotatable bonds is 9. The monoisotopic (exact) mass is 544 g/mol. The van der Waals surface area contributed by atoms with Crippen LogP contribution in [-0.2, 0) is 19.1 Å². The van der Waals surface area contributed by atoms with Gasteiger partial charge < -0.3 is 4.74 Å². The summed E-state index contributed by atoms with van der Waals surface area (Å²) in [6.45, 7) is 16.9. The van der Waals surface area contributed by atoms with Gasteiger partial charge >= 0.3 is 5.97 Å². The Labute approximate surface area is 239 Å². The zero-order valence-electron chi connectivity index (χ0n) is 25.6. The van der Waals surface area contributed by atoms with Gasteiger partial charge in [-0.05, 0) is 78.6 Å². The van der Waals surface area contributed by atoms with Gasteiger partial charge in [-0.2, -0.15) is 0 Å². The molecule has 1 fully saturated rings. The van der Waals surface area contributed by atoms with Gasteiger partial charge in [-0.25, -0.2) is 0 Å². The van der Waals surface area contributed by atoms with Gasteiger partial charge in [0.2, 0.25) is 0 Å². The van der Waals surface area contributed by atoms with E-state index in [1.54, 1.807) is 30.3 Å². The van der Waals surface area contributed by atoms with Gasteiger partial charge in [0.25, 0.3) is 0 Å². The molecule has 0 N–H and O–H groups in total. The highest BCUT2D eigenvalue weighted by Gasteiger charge is 2.75. The Morgan fingerprint density at radius 1 is 0.875 bits per heavy atom. The van der Waals surface area contributed by atoms with Crippen molar-refractivity contribution in [2.75, 3.05) is 0 Å². The second-order valence-electron chi connectivity index (χ2n) is 12.7. The highest BCUT2D eigenvalue weighted by atomic mass is 16.5. The van der Waals surface area contributed by atoms with E-state index in [1.807, 2.05) is 67.5 Å². The summed E-state index contributed by atoms with van der Waals surface area (Å²) in [6.07, 6.45) is 7.34. The van der Waals surface area contributed by atoms with Crippen molar-refractivity contribution in [3.05, 3.63) is 82.2 Å². The standard InChI is InChI=1S/C35H44O5/c1-22(2)15-17-27-21-34(20-19-24(5)6)31(40-25(7)36)28(18-16-23(3)4)30(38)35(32(34)39,33(27,8)9)29(37)26-13-11-10-12-14-26/h10-16,19,27H,17-18,20-21H2,1-9H3/t27-,34-,35+/m1/s1. The average Bonchev–Trinajstić information content (AvgIpc) is 2.86. The third-order valence-electron chi connectivity index (χ3n) is 8.69. The molecular formula is C35H44O5. The van der Waals surface area contributed by atoms with Crippen molar-refractivity contribution in [3.63, 3.8) is 0 Å². The van der Waals surface area contributed by atoms with Gasteiger partial charge in [-0.3, -0.25) is 19.2 Å². The van der Waals surface area contributed by atoms with E-state index in [9.17, 15) is 14.4 Å². The van der Waals surface area contributed by atoms with Crippen LogP contribution in [0.4, 0.5) is 0 Å². The summed E-state index contributed by atoms with van der Waals surface area (Å²) in [5.74, 6) is -2.15. The molecular weight excluding hydrogens is 500 g/mol. The summed E-state index contributed by atoms with van der Waals surface area (Å²) in [6, 6.07) is 8.65. The number of hydrogen-bond donors (Lipinski definition) is 0. The van der Waals surface area contributed by atoms with E-state index in [4.69, 9.17) is 4.74 Å². The molecule has 1 saturated carbocycles. The third kappa shape index (κ3) is 5.23. The highest BCUT2D eigenvalue weighted by Crippen LogP contribution is 2.66. The maximum atomic E-state index is 15.1. The molecule has 0 heterocycles. The van der Waals surface area contributed by atoms with Gasteiger partial charge in [-0.15, -0.1) is 0 Å². The lowest BCUT2D eigenvalue weighted by atomic mass is 9.39. The van der Waals surface area contributed by atoms with Crippen LogP contribution in [0.1, 0.15) is 98.4 Å². The molecule has 2 aliphatic rings. The van der Waals surface area contributed by atoms with Crippen molar-refractivity contribution < 1.29 is 23.9 Å². The number of Topliss-reactive ketones (excluding diaryl/α,β-unsaturated/α-hetero) is 3. The number of esters is 1. The maximum Gasteiger partial charge on any atom is 0.307 e. The molecule has 1 aromatic carbocycles. The van der Waals surface area contributed by atoms with E-state index in [2.05, 4.69) is 6.08 Å². The van der Waals surface area contributed by atoms with Crippen LogP contribution in [0, 0.1) is 22.2 Å². The minimum absolute atomic E-state index is 0.124. The Hall–Kier alpha value is -3.34. The van der Waals surface area contributed by atoms with Gasteiger partial charge in [0, 0.05) is 18.1 Å². The van der Waals surface area contributed by atoms with Crippen molar-refractivity contribution in [1.29, 1.82) is 0 Å². The van der Waals surface area contributed by atoms with Crippen LogP contribution in [0.3, 0.4) is 0 Å². The first-order valence-corrected chi connectivity index (χ1v) is 14.1. The molecule has 2 bridgehead atoms. The molecule has 0 unspecified atom stereocenters. The van der Waals surface area contributed by atoms with Gasteiger partial charge in [-0.1, -0.05) is 79.1 Å². The van der Waals surface area contributed by atoms with E-state index < -0.39 is 39.6 Å². The average molecular weight is 545 g/mol. The molecule has 214 valence electrons. The second kappa shape index (κ2) is 11.6. The normalized spacial score (nSPS) is 25.2. The Morgan fingerprint density at radius 3 is 1.98 bits per heavy atom. The molecule has 5 heteroatoms. The number of benzene rings is 1. The van der Waals surface area contributed by atoms with Gasteiger partial charge in [0.1, 0.15) is 5.76 Å². The molecule has 0 spiro atoms. The molecule has 1 aromatic rings. The first-order valence-electron chi connectivity index (χ1n) is 14.1. The molecule has 0 saturated heterocycles. The van der Waals surface area contributed by atoms with Crippen molar-refractivity contribution in [2.24, 2.45) is 22.2 Å². The van der Waals surface area contributed by atoms with Gasteiger partial charge in [0.15, 0.2) is 22.8 Å². The molecule has 5 nitrogen and oxygen atoms in total. The Kier molecular flexibility index (Phi) is 9.08. The van der Waals surface area contributed by atoms with E-state index >= 15 is 4.79 Å². The molecule has 3 rings (SSSR count). The second-order valence-corrected chi connectivity index (χ2v) is 12.7. The van der Waals surface area contributed by atoms with Crippen LogP contribution in [0.5, 0.6) is 0 Å². The quantitative estimate of drug-likeness (QED) is 0.137. The van der Waals surface area contributed by atoms with Crippen LogP contribution in [0.25, 0.3) is 0 Å². The number of ether oxygens (including phenoxy) is 1. The van der Waals surface area contributed by atoms with E-state index in [1.165, 1.54) is 6.92 Å². The lowest BCUT2D eigenvalue weighted by Crippen LogP contribution is -2.69. The Balaban J connectivity index is 2.54. The summed E-state index contributed by atoms with van der Waals surface area (Å²) in [5, 5.41) is 0. The minimum Gasteiger partial charge on any atom is -0.430 e. The fraction of sp³-hybridized carbons (Fsp3) is 0.486. The number of allylic oxidation sites excluding steroid dienone is 8. The lowest BCUT2D eigenvalue weighted by Gasteiger charge is -2.59. The summed E-state index contributed by atoms with van der Waals surface area (Å²) in [4.78, 5) is 57.3. The van der Waals surface area contributed by atoms with E-state index in [0.29, 0.717) is 18.4 Å². The number of ketones is 3. The molecule has 40 heavy (non-hydrogen) atoms. The minimum atomic E-state index is -1.96. The van der Waals surface area contributed by atoms with Gasteiger partial charge in [0.05, 0.1) is 5.41 Å². The van der Waals surface area contributed by atoms with E-state index in [0.717, 1.165) is 16.7 Å². The summed E-state index contributed by atoms with van der Waals surface area (Å²) >= 11 is 0. The van der Waals surface area contributed by atoms with Crippen LogP contribution in [0.15, 0.2) is 76.6 Å². The molecule has 0 amide bonds. The molecule has 0 aliphatic heterocycles. The molecule has 2 aliphatic carbocycles. The summed E-state index contributed by atoms with van der Waals surface area (Å²) in [5.41, 5.74) is -0.633. The third-order valence-corrected chi connectivity index (χ3v) is 8.69. The topological polar surface area (TPSA) is 77.5 Å². The predicted molar refractivity (Wildman–Crippen MR) is 158 cm³/mol. The first kappa shape index (κ1) is 31.2. The van der Waals surface area contributed by atoms with Crippen molar-refractivity contribution in [3.8, 4) is 0 Å². The largest absolute Gasteiger partial charge is 0.430 e. The molecule has 3 atom stereocenters. The van der Waals surface area contributed by atoms with Crippen LogP contribution < -0.4 is 0 Å². The van der Waals surface area contributed by atoms with Crippen LogP contribution in [0.2, 0.25) is 0 Å². The smallest absolute Gasteiger partial charge is 0.307 e. The number of carbonyl (C=O) groups excluding carboxylic acids is 4. The molecule has 0 radical (unpaired) electrons. The number of carbonyl (C=O) groups is 4. The first-order chi connectivity index (χ1) is 18.6. The summed E-state index contributed by atoms with van der Waals surface area (Å²) < 4.78 is 5.88. The fourth-order valence-electron chi connectivity index (χ4n) is 6.44. The van der Waals surface area contributed by atoms with Crippen molar-refractivity contribution in [2.45, 2.75) is 88.0 Å². The maximum absolute atomic E-state index is 15.1. The zero-order valence-corrected chi connectivity index (χ0v) is 25.6. The highest BCUT2D eigenvalue weighted by molar-refractivity contribution is 6.36. The lowest BCUT2D eigenvalue weighted by molar-refractivity contribution is -0.167. The van der Waals surface area contributed by atoms with E-state index in [-0.39, 0.29) is 30.1 Å². The summed E-state index contributed by atoms with van der Waals surface area (Å²) in [7, 11) is 0. The Morgan fingerprint density at radius 2 is 1.45 bits per heavy atom. The predicted octanol–water partition coefficient (Wildman–Crippen LogP) is 7.93. The number of hydrogen-bond acceptors (Lipinski definition) is 5. The van der Waals surface area contributed by atoms with Crippen LogP contribution in [-0.4, -0.2) is 23.3 Å². The van der Waals surface area contributed by atoms with Crippen LogP contribution >= 0.6 is 0 Å². The SMILES string of the molecule is CC(=O)OC1=C(CC=C(C)C)C(=O)[C@@]2(C(=O)c3ccccc3)C(=O)[C@]1(CC=C(C)C)C[C@@H](CC=C(C)C)C2(C)C. The van der Waals surface area contributed by atoms with Crippen molar-refractivity contribution >= 4 is 23.3 Å². The molecule has 0 aromatic heterocycles. The number of fused-ring (bicyclic) bond motifs is 2.